The maximum atomic E-state index is 5.94. The summed E-state index contributed by atoms with van der Waals surface area (Å²) in [6.07, 6.45) is 5.13. The van der Waals surface area contributed by atoms with E-state index in [1.54, 1.807) is 0 Å². The third-order valence-electron chi connectivity index (χ3n) is 4.97. The van der Waals surface area contributed by atoms with Gasteiger partial charge in [0.1, 0.15) is 11.5 Å². The first kappa shape index (κ1) is 18.2. The van der Waals surface area contributed by atoms with Gasteiger partial charge >= 0.3 is 0 Å². The summed E-state index contributed by atoms with van der Waals surface area (Å²) in [5.74, 6) is 3.68. The van der Waals surface area contributed by atoms with Crippen LogP contribution in [0.25, 0.3) is 0 Å². The maximum absolute atomic E-state index is 5.94. The van der Waals surface area contributed by atoms with Gasteiger partial charge in [-0.3, -0.25) is 0 Å². The van der Waals surface area contributed by atoms with Crippen molar-refractivity contribution in [2.75, 3.05) is 6.79 Å². The standard InChI is InChI=1S/C25H24O3/c1-2-20(21-14-15-24-25(17-21)27-18-26-24)10-6-8-19-9-7-13-23(16-19)28-22-11-4-3-5-12-22/h2-5,7,9,11-17,20H,1,6,8,10,18H2. The van der Waals surface area contributed by atoms with Gasteiger partial charge in [-0.2, -0.15) is 0 Å². The predicted octanol–water partition coefficient (Wildman–Crippen LogP) is 6.50. The molecule has 3 aromatic rings. The Morgan fingerprint density at radius 2 is 1.71 bits per heavy atom. The van der Waals surface area contributed by atoms with Crippen molar-refractivity contribution < 1.29 is 14.2 Å². The minimum absolute atomic E-state index is 0.304. The molecule has 0 amide bonds. The lowest BCUT2D eigenvalue weighted by Crippen LogP contribution is -1.97. The van der Waals surface area contributed by atoms with Crippen molar-refractivity contribution >= 4 is 0 Å². The molecule has 0 saturated heterocycles. The van der Waals surface area contributed by atoms with E-state index < -0.39 is 0 Å². The van der Waals surface area contributed by atoms with Crippen LogP contribution >= 0.6 is 0 Å². The smallest absolute Gasteiger partial charge is 0.231 e. The molecule has 4 rings (SSSR count). The summed E-state index contributed by atoms with van der Waals surface area (Å²) in [5.41, 5.74) is 2.50. The van der Waals surface area contributed by atoms with E-state index in [2.05, 4.69) is 36.9 Å². The highest BCUT2D eigenvalue weighted by molar-refractivity contribution is 5.46. The zero-order valence-corrected chi connectivity index (χ0v) is 15.8. The molecule has 0 bridgehead atoms. The largest absolute Gasteiger partial charge is 0.457 e. The lowest BCUT2D eigenvalue weighted by molar-refractivity contribution is 0.174. The van der Waals surface area contributed by atoms with Gasteiger partial charge in [0.05, 0.1) is 0 Å². The third-order valence-corrected chi connectivity index (χ3v) is 4.97. The molecule has 28 heavy (non-hydrogen) atoms. The minimum atomic E-state index is 0.304. The quantitative estimate of drug-likeness (QED) is 0.422. The van der Waals surface area contributed by atoms with Gasteiger partial charge in [-0.25, -0.2) is 0 Å². The van der Waals surface area contributed by atoms with Gasteiger partial charge in [0.25, 0.3) is 0 Å². The number of rotatable bonds is 8. The molecule has 1 aliphatic rings. The van der Waals surface area contributed by atoms with Crippen LogP contribution in [-0.2, 0) is 6.42 Å². The van der Waals surface area contributed by atoms with Gasteiger partial charge in [-0.05, 0) is 66.8 Å². The summed E-state index contributed by atoms with van der Waals surface area (Å²) >= 11 is 0. The summed E-state index contributed by atoms with van der Waals surface area (Å²) in [7, 11) is 0. The zero-order valence-electron chi connectivity index (χ0n) is 15.8. The molecule has 0 fully saturated rings. The van der Waals surface area contributed by atoms with Crippen LogP contribution in [-0.4, -0.2) is 6.79 Å². The second kappa shape index (κ2) is 8.66. The fraction of sp³-hybridized carbons (Fsp3) is 0.200. The molecule has 1 aliphatic heterocycles. The molecule has 0 N–H and O–H groups in total. The van der Waals surface area contributed by atoms with E-state index in [0.717, 1.165) is 42.3 Å². The normalized spacial score (nSPS) is 13.1. The van der Waals surface area contributed by atoms with E-state index >= 15 is 0 Å². The van der Waals surface area contributed by atoms with E-state index in [1.807, 2.05) is 48.5 Å². The fourth-order valence-corrected chi connectivity index (χ4v) is 3.48. The Morgan fingerprint density at radius 1 is 0.893 bits per heavy atom. The first-order valence-electron chi connectivity index (χ1n) is 9.66. The van der Waals surface area contributed by atoms with E-state index in [4.69, 9.17) is 14.2 Å². The summed E-state index contributed by atoms with van der Waals surface area (Å²) in [4.78, 5) is 0. The van der Waals surface area contributed by atoms with Gasteiger partial charge in [0.15, 0.2) is 11.5 Å². The Balaban J connectivity index is 1.35. The molecule has 1 atom stereocenters. The Labute approximate surface area is 166 Å². The molecule has 0 spiro atoms. The van der Waals surface area contributed by atoms with Crippen molar-refractivity contribution in [1.82, 2.24) is 0 Å². The molecule has 0 aliphatic carbocycles. The number of hydrogen-bond donors (Lipinski definition) is 0. The minimum Gasteiger partial charge on any atom is -0.457 e. The highest BCUT2D eigenvalue weighted by Gasteiger charge is 2.16. The van der Waals surface area contributed by atoms with Crippen molar-refractivity contribution in [2.45, 2.75) is 25.2 Å². The molecule has 1 heterocycles. The number of fused-ring (bicyclic) bond motifs is 1. The fourth-order valence-electron chi connectivity index (χ4n) is 3.48. The van der Waals surface area contributed by atoms with Crippen molar-refractivity contribution in [2.24, 2.45) is 0 Å². The first-order chi connectivity index (χ1) is 13.8. The van der Waals surface area contributed by atoms with Crippen molar-refractivity contribution in [1.29, 1.82) is 0 Å². The number of benzene rings is 3. The maximum Gasteiger partial charge on any atom is 0.231 e. The Bertz CT molecular complexity index is 934. The van der Waals surface area contributed by atoms with Crippen molar-refractivity contribution in [3.05, 3.63) is 96.6 Å². The molecule has 1 unspecified atom stereocenters. The average Bonchev–Trinajstić information content (AvgIpc) is 3.20. The van der Waals surface area contributed by atoms with Gasteiger partial charge in [0.2, 0.25) is 6.79 Å². The van der Waals surface area contributed by atoms with Crippen LogP contribution < -0.4 is 14.2 Å². The lowest BCUT2D eigenvalue weighted by atomic mass is 9.92. The monoisotopic (exact) mass is 372 g/mol. The van der Waals surface area contributed by atoms with Crippen LogP contribution in [0, 0.1) is 0 Å². The van der Waals surface area contributed by atoms with Gasteiger partial charge in [0, 0.05) is 5.92 Å². The van der Waals surface area contributed by atoms with Crippen LogP contribution in [0.4, 0.5) is 0 Å². The zero-order chi connectivity index (χ0) is 19.2. The topological polar surface area (TPSA) is 27.7 Å². The van der Waals surface area contributed by atoms with Crippen LogP contribution in [0.15, 0.2) is 85.5 Å². The van der Waals surface area contributed by atoms with Gasteiger partial charge < -0.3 is 14.2 Å². The molecular formula is C25H24O3. The molecule has 142 valence electrons. The number of allylic oxidation sites excluding steroid dienone is 1. The van der Waals surface area contributed by atoms with Gasteiger partial charge in [-0.1, -0.05) is 42.5 Å². The summed E-state index contributed by atoms with van der Waals surface area (Å²) in [6, 6.07) is 24.4. The Morgan fingerprint density at radius 3 is 2.57 bits per heavy atom. The number of para-hydroxylation sites is 1. The number of aryl methyl sites for hydroxylation is 1. The third kappa shape index (κ3) is 4.37. The summed E-state index contributed by atoms with van der Waals surface area (Å²) in [6.45, 7) is 4.33. The molecule has 0 saturated carbocycles. The molecular weight excluding hydrogens is 348 g/mol. The SMILES string of the molecule is C=CC(CCCc1cccc(Oc2ccccc2)c1)c1ccc2c(c1)OCO2. The first-order valence-corrected chi connectivity index (χ1v) is 9.66. The molecule has 3 aromatic carbocycles. The van der Waals surface area contributed by atoms with E-state index in [-0.39, 0.29) is 0 Å². The predicted molar refractivity (Wildman–Crippen MR) is 111 cm³/mol. The lowest BCUT2D eigenvalue weighted by Gasteiger charge is -2.14. The highest BCUT2D eigenvalue weighted by atomic mass is 16.7. The Hall–Kier alpha value is -3.20. The van der Waals surface area contributed by atoms with Crippen LogP contribution in [0.5, 0.6) is 23.0 Å². The average molecular weight is 372 g/mol. The van der Waals surface area contributed by atoms with E-state index in [0.29, 0.717) is 12.7 Å². The second-order valence-electron chi connectivity index (χ2n) is 6.91. The second-order valence-corrected chi connectivity index (χ2v) is 6.91. The highest BCUT2D eigenvalue weighted by Crippen LogP contribution is 2.36. The molecule has 3 nitrogen and oxygen atoms in total. The summed E-state index contributed by atoms with van der Waals surface area (Å²) < 4.78 is 16.8. The van der Waals surface area contributed by atoms with Crippen LogP contribution in [0.3, 0.4) is 0 Å². The molecule has 0 aromatic heterocycles. The summed E-state index contributed by atoms with van der Waals surface area (Å²) in [5, 5.41) is 0. The van der Waals surface area contributed by atoms with Crippen molar-refractivity contribution in [3.8, 4) is 23.0 Å². The Kier molecular flexibility index (Phi) is 5.62. The van der Waals surface area contributed by atoms with Crippen LogP contribution in [0.1, 0.15) is 29.9 Å². The molecule has 3 heteroatoms. The van der Waals surface area contributed by atoms with E-state index in [1.165, 1.54) is 11.1 Å². The molecule has 0 radical (unpaired) electrons. The van der Waals surface area contributed by atoms with Gasteiger partial charge in [-0.15, -0.1) is 6.58 Å². The van der Waals surface area contributed by atoms with Crippen molar-refractivity contribution in [3.63, 3.8) is 0 Å². The number of ether oxygens (including phenoxy) is 3. The van der Waals surface area contributed by atoms with Crippen LogP contribution in [0.2, 0.25) is 0 Å². The number of hydrogen-bond acceptors (Lipinski definition) is 3. The van der Waals surface area contributed by atoms with E-state index in [9.17, 15) is 0 Å².